The summed E-state index contributed by atoms with van der Waals surface area (Å²) in [5.41, 5.74) is 2.87. The van der Waals surface area contributed by atoms with Crippen LogP contribution in [0, 0.1) is 5.82 Å². The SMILES string of the molecule is CCN=C(NN)N(C)c1ccccc1F. The number of halogens is 1. The summed E-state index contributed by atoms with van der Waals surface area (Å²) in [6, 6.07) is 6.46. The Hall–Kier alpha value is -1.62. The van der Waals surface area contributed by atoms with Gasteiger partial charge in [-0.2, -0.15) is 0 Å². The Morgan fingerprint density at radius 1 is 1.53 bits per heavy atom. The topological polar surface area (TPSA) is 53.6 Å². The van der Waals surface area contributed by atoms with Crippen molar-refractivity contribution < 1.29 is 4.39 Å². The van der Waals surface area contributed by atoms with Crippen LogP contribution < -0.4 is 16.2 Å². The molecule has 4 nitrogen and oxygen atoms in total. The van der Waals surface area contributed by atoms with Crippen molar-refractivity contribution in [3.8, 4) is 0 Å². The summed E-state index contributed by atoms with van der Waals surface area (Å²) in [5.74, 6) is 5.43. The van der Waals surface area contributed by atoms with Gasteiger partial charge in [0.05, 0.1) is 5.69 Å². The number of nitrogens with two attached hydrogens (primary N) is 1. The minimum absolute atomic E-state index is 0.306. The number of anilines is 1. The zero-order chi connectivity index (χ0) is 11.3. The highest BCUT2D eigenvalue weighted by Crippen LogP contribution is 2.16. The van der Waals surface area contributed by atoms with Gasteiger partial charge in [0.2, 0.25) is 5.96 Å². The van der Waals surface area contributed by atoms with Crippen LogP contribution in [0.3, 0.4) is 0 Å². The van der Waals surface area contributed by atoms with Crippen molar-refractivity contribution in [3.63, 3.8) is 0 Å². The summed E-state index contributed by atoms with van der Waals surface area (Å²) in [6.45, 7) is 2.46. The standard InChI is InChI=1S/C10H15FN4/c1-3-13-10(14-12)15(2)9-7-5-4-6-8(9)11/h4-7H,3,12H2,1-2H3,(H,13,14). The third-order valence-electron chi connectivity index (χ3n) is 1.97. The lowest BCUT2D eigenvalue weighted by molar-refractivity contribution is 0.627. The van der Waals surface area contributed by atoms with Crippen molar-refractivity contribution >= 4 is 11.6 Å². The average molecular weight is 210 g/mol. The fourth-order valence-electron chi connectivity index (χ4n) is 1.24. The second-order valence-electron chi connectivity index (χ2n) is 2.95. The van der Waals surface area contributed by atoms with Crippen molar-refractivity contribution in [3.05, 3.63) is 30.1 Å². The Morgan fingerprint density at radius 3 is 2.73 bits per heavy atom. The summed E-state index contributed by atoms with van der Waals surface area (Å²) in [6.07, 6.45) is 0. The highest BCUT2D eigenvalue weighted by Gasteiger charge is 2.10. The zero-order valence-corrected chi connectivity index (χ0v) is 8.87. The van der Waals surface area contributed by atoms with Gasteiger partial charge in [-0.05, 0) is 19.1 Å². The molecule has 0 atom stereocenters. The maximum absolute atomic E-state index is 13.4. The molecule has 0 heterocycles. The van der Waals surface area contributed by atoms with E-state index in [1.807, 2.05) is 6.92 Å². The molecular formula is C10H15FN4. The molecule has 0 aliphatic heterocycles. The van der Waals surface area contributed by atoms with E-state index in [9.17, 15) is 4.39 Å². The Bertz CT molecular complexity index is 351. The summed E-state index contributed by atoms with van der Waals surface area (Å²) in [4.78, 5) is 5.67. The smallest absolute Gasteiger partial charge is 0.212 e. The van der Waals surface area contributed by atoms with Crippen LogP contribution in [0.2, 0.25) is 0 Å². The predicted octanol–water partition coefficient (Wildman–Crippen LogP) is 1.10. The average Bonchev–Trinajstić information content (AvgIpc) is 2.25. The molecule has 15 heavy (non-hydrogen) atoms. The maximum Gasteiger partial charge on any atom is 0.212 e. The number of rotatable bonds is 2. The molecule has 0 amide bonds. The van der Waals surface area contributed by atoms with E-state index in [0.717, 1.165) is 0 Å². The van der Waals surface area contributed by atoms with E-state index in [4.69, 9.17) is 5.84 Å². The van der Waals surface area contributed by atoms with Gasteiger partial charge in [-0.1, -0.05) is 12.1 Å². The molecule has 0 fully saturated rings. The molecule has 0 saturated carbocycles. The fraction of sp³-hybridized carbons (Fsp3) is 0.300. The van der Waals surface area contributed by atoms with Crippen LogP contribution in [0.15, 0.2) is 29.3 Å². The van der Waals surface area contributed by atoms with Crippen molar-refractivity contribution in [2.24, 2.45) is 10.8 Å². The lowest BCUT2D eigenvalue weighted by Crippen LogP contribution is -2.43. The summed E-state index contributed by atoms with van der Waals surface area (Å²) in [5, 5.41) is 0. The fourth-order valence-corrected chi connectivity index (χ4v) is 1.24. The van der Waals surface area contributed by atoms with Crippen LogP contribution in [0.1, 0.15) is 6.92 Å². The van der Waals surface area contributed by atoms with Crippen molar-refractivity contribution in [2.45, 2.75) is 6.92 Å². The molecule has 0 saturated heterocycles. The lowest BCUT2D eigenvalue weighted by atomic mass is 10.3. The van der Waals surface area contributed by atoms with Crippen molar-refractivity contribution in [1.29, 1.82) is 0 Å². The molecule has 0 aliphatic rings. The molecule has 1 rings (SSSR count). The zero-order valence-electron chi connectivity index (χ0n) is 8.87. The number of aliphatic imine (C=N–C) groups is 1. The van der Waals surface area contributed by atoms with E-state index in [1.165, 1.54) is 6.07 Å². The predicted molar refractivity (Wildman–Crippen MR) is 60.1 cm³/mol. The first kappa shape index (κ1) is 11.5. The van der Waals surface area contributed by atoms with Gasteiger partial charge in [0.1, 0.15) is 5.82 Å². The monoisotopic (exact) mass is 210 g/mol. The third kappa shape index (κ3) is 2.66. The molecule has 0 spiro atoms. The number of para-hydroxylation sites is 1. The molecule has 0 bridgehead atoms. The minimum atomic E-state index is -0.306. The first-order valence-electron chi connectivity index (χ1n) is 4.70. The summed E-state index contributed by atoms with van der Waals surface area (Å²) in [7, 11) is 1.70. The number of nitrogens with one attached hydrogen (secondary N) is 1. The van der Waals surface area contributed by atoms with Gasteiger partial charge in [-0.3, -0.25) is 10.4 Å². The molecule has 3 N–H and O–H groups in total. The van der Waals surface area contributed by atoms with Gasteiger partial charge in [0.25, 0.3) is 0 Å². The van der Waals surface area contributed by atoms with E-state index < -0.39 is 0 Å². The van der Waals surface area contributed by atoms with Crippen LogP contribution >= 0.6 is 0 Å². The molecule has 1 aromatic carbocycles. The second kappa shape index (κ2) is 5.31. The van der Waals surface area contributed by atoms with Gasteiger partial charge < -0.3 is 4.90 Å². The molecule has 0 radical (unpaired) electrons. The van der Waals surface area contributed by atoms with E-state index in [1.54, 1.807) is 30.1 Å². The normalized spacial score (nSPS) is 11.3. The first-order valence-corrected chi connectivity index (χ1v) is 4.70. The molecule has 0 aromatic heterocycles. The van der Waals surface area contributed by atoms with Gasteiger partial charge in [0, 0.05) is 13.6 Å². The number of nitrogens with zero attached hydrogens (tertiary/aromatic N) is 2. The maximum atomic E-state index is 13.4. The highest BCUT2D eigenvalue weighted by molar-refractivity contribution is 5.95. The molecule has 82 valence electrons. The first-order chi connectivity index (χ1) is 7.20. The summed E-state index contributed by atoms with van der Waals surface area (Å²) < 4.78 is 13.4. The third-order valence-corrected chi connectivity index (χ3v) is 1.97. The van der Waals surface area contributed by atoms with Crippen molar-refractivity contribution in [1.82, 2.24) is 5.43 Å². The Labute approximate surface area is 88.6 Å². The van der Waals surface area contributed by atoms with E-state index in [0.29, 0.717) is 18.2 Å². The quantitative estimate of drug-likeness (QED) is 0.332. The van der Waals surface area contributed by atoms with Gasteiger partial charge in [-0.15, -0.1) is 0 Å². The molecule has 5 heteroatoms. The largest absolute Gasteiger partial charge is 0.312 e. The highest BCUT2D eigenvalue weighted by atomic mass is 19.1. The minimum Gasteiger partial charge on any atom is -0.312 e. The summed E-state index contributed by atoms with van der Waals surface area (Å²) >= 11 is 0. The number of hydrogen-bond acceptors (Lipinski definition) is 2. The van der Waals surface area contributed by atoms with Gasteiger partial charge in [-0.25, -0.2) is 10.2 Å². The van der Waals surface area contributed by atoms with Crippen molar-refractivity contribution in [2.75, 3.05) is 18.5 Å². The van der Waals surface area contributed by atoms with Crippen LogP contribution in [0.4, 0.5) is 10.1 Å². The van der Waals surface area contributed by atoms with Crippen LogP contribution in [0.25, 0.3) is 0 Å². The Morgan fingerprint density at radius 2 is 2.20 bits per heavy atom. The van der Waals surface area contributed by atoms with E-state index >= 15 is 0 Å². The van der Waals surface area contributed by atoms with Crippen LogP contribution in [-0.4, -0.2) is 19.6 Å². The van der Waals surface area contributed by atoms with Gasteiger partial charge >= 0.3 is 0 Å². The van der Waals surface area contributed by atoms with Crippen LogP contribution in [0.5, 0.6) is 0 Å². The molecule has 1 aromatic rings. The molecule has 0 aliphatic carbocycles. The molecular weight excluding hydrogens is 195 g/mol. The number of benzene rings is 1. The number of hydrogen-bond donors (Lipinski definition) is 2. The number of guanidine groups is 1. The van der Waals surface area contributed by atoms with Gasteiger partial charge in [0.15, 0.2) is 0 Å². The lowest BCUT2D eigenvalue weighted by Gasteiger charge is -2.20. The second-order valence-corrected chi connectivity index (χ2v) is 2.95. The van der Waals surface area contributed by atoms with E-state index in [-0.39, 0.29) is 5.82 Å². The van der Waals surface area contributed by atoms with E-state index in [2.05, 4.69) is 10.4 Å². The number of hydrazine groups is 1. The Kier molecular flexibility index (Phi) is 4.05. The Balaban J connectivity index is 2.98. The van der Waals surface area contributed by atoms with Crippen LogP contribution in [-0.2, 0) is 0 Å². The molecule has 0 unspecified atom stereocenters.